The number of hydrogen-bond acceptors (Lipinski definition) is 3. The molecule has 0 amide bonds. The average Bonchev–Trinajstić information content (AvgIpc) is 2.76. The molecular weight excluding hydrogens is 270 g/mol. The molecule has 0 bridgehead atoms. The van der Waals surface area contributed by atoms with E-state index in [0.29, 0.717) is 12.0 Å². The normalized spacial score (nSPS) is 11.6. The maximum atomic E-state index is 11.1. The quantitative estimate of drug-likeness (QED) is 0.927. The molecule has 0 aliphatic carbocycles. The third kappa shape index (κ3) is 3.45. The summed E-state index contributed by atoms with van der Waals surface area (Å²) in [4.78, 5) is 15.7. The van der Waals surface area contributed by atoms with E-state index >= 15 is 0 Å². The molecule has 1 N–H and O–H groups in total. The molecule has 0 saturated heterocycles. The van der Waals surface area contributed by atoms with Crippen LogP contribution in [-0.2, 0) is 11.8 Å². The number of rotatable bonds is 3. The van der Waals surface area contributed by atoms with Crippen LogP contribution in [0.1, 0.15) is 53.0 Å². The van der Waals surface area contributed by atoms with E-state index in [1.54, 1.807) is 23.5 Å². The van der Waals surface area contributed by atoms with Crippen molar-refractivity contribution in [2.45, 2.75) is 39.5 Å². The molecule has 0 spiro atoms. The minimum atomic E-state index is -0.885. The van der Waals surface area contributed by atoms with E-state index in [1.165, 1.54) is 0 Å². The van der Waals surface area contributed by atoms with Crippen molar-refractivity contribution in [1.29, 1.82) is 0 Å². The Labute approximate surface area is 123 Å². The molecule has 4 heteroatoms. The third-order valence-electron chi connectivity index (χ3n) is 3.06. The van der Waals surface area contributed by atoms with Gasteiger partial charge in [0.25, 0.3) is 0 Å². The molecule has 0 saturated carbocycles. The fourth-order valence-electron chi connectivity index (χ4n) is 2.00. The first kappa shape index (κ1) is 14.7. The van der Waals surface area contributed by atoms with Gasteiger partial charge in [-0.15, -0.1) is 11.3 Å². The second kappa shape index (κ2) is 5.37. The highest BCUT2D eigenvalue weighted by Gasteiger charge is 2.17. The first-order chi connectivity index (χ1) is 9.25. The summed E-state index contributed by atoms with van der Waals surface area (Å²) in [6.45, 7) is 8.33. The van der Waals surface area contributed by atoms with Crippen LogP contribution in [0.4, 0.5) is 0 Å². The van der Waals surface area contributed by atoms with Crippen LogP contribution in [0.3, 0.4) is 0 Å². The van der Waals surface area contributed by atoms with Crippen LogP contribution in [-0.4, -0.2) is 16.1 Å². The Morgan fingerprint density at radius 1 is 1.30 bits per heavy atom. The highest BCUT2D eigenvalue weighted by molar-refractivity contribution is 7.09. The number of carboxylic acids is 1. The van der Waals surface area contributed by atoms with Gasteiger partial charge in [0.05, 0.1) is 16.3 Å². The van der Waals surface area contributed by atoms with E-state index in [2.05, 4.69) is 31.1 Å². The van der Waals surface area contributed by atoms with Crippen molar-refractivity contribution in [3.8, 4) is 0 Å². The summed E-state index contributed by atoms with van der Waals surface area (Å²) < 4.78 is 0. The van der Waals surface area contributed by atoms with Gasteiger partial charge in [-0.1, -0.05) is 26.8 Å². The van der Waals surface area contributed by atoms with Crippen LogP contribution in [0, 0.1) is 6.92 Å². The number of aromatic nitrogens is 1. The molecule has 0 radical (unpaired) electrons. The van der Waals surface area contributed by atoms with Crippen LogP contribution >= 0.6 is 11.3 Å². The number of carboxylic acid groups (broad SMARTS) is 1. The Morgan fingerprint density at radius 3 is 2.55 bits per heavy atom. The molecular formula is C16H19NO2S. The van der Waals surface area contributed by atoms with E-state index in [9.17, 15) is 4.79 Å². The number of benzene rings is 1. The lowest BCUT2D eigenvalue weighted by Crippen LogP contribution is -2.11. The Bertz CT molecular complexity index is 638. The smallest absolute Gasteiger partial charge is 0.335 e. The molecule has 1 aromatic heterocycles. The second-order valence-corrected chi connectivity index (χ2v) is 7.01. The van der Waals surface area contributed by atoms with E-state index in [-0.39, 0.29) is 5.41 Å². The molecule has 0 unspecified atom stereocenters. The van der Waals surface area contributed by atoms with Crippen LogP contribution in [0.2, 0.25) is 0 Å². The fourth-order valence-corrected chi connectivity index (χ4v) is 3.05. The molecule has 2 rings (SSSR count). The number of nitrogens with zero attached hydrogens (tertiary/aromatic N) is 1. The molecule has 2 aromatic rings. The molecule has 0 atom stereocenters. The van der Waals surface area contributed by atoms with E-state index in [0.717, 1.165) is 21.8 Å². The predicted octanol–water partition coefficient (Wildman–Crippen LogP) is 4.04. The topological polar surface area (TPSA) is 50.2 Å². The summed E-state index contributed by atoms with van der Waals surface area (Å²) in [5.41, 5.74) is 3.44. The van der Waals surface area contributed by atoms with Gasteiger partial charge in [0.1, 0.15) is 0 Å². The standard InChI is InChI=1S/C16H19NO2S/c1-10-5-11(7-12(6-10)15(18)19)8-14-17-13(9-20-14)16(2,3)4/h5-7,9H,8H2,1-4H3,(H,18,19). The summed E-state index contributed by atoms with van der Waals surface area (Å²) in [5, 5.41) is 12.2. The number of aromatic carboxylic acids is 1. The van der Waals surface area contributed by atoms with Crippen molar-refractivity contribution >= 4 is 17.3 Å². The zero-order valence-corrected chi connectivity index (χ0v) is 13.0. The molecule has 106 valence electrons. The lowest BCUT2D eigenvalue weighted by Gasteiger charge is -2.14. The van der Waals surface area contributed by atoms with Gasteiger partial charge >= 0.3 is 5.97 Å². The van der Waals surface area contributed by atoms with E-state index in [1.807, 2.05) is 13.0 Å². The summed E-state index contributed by atoms with van der Waals surface area (Å²) in [5.74, 6) is -0.885. The zero-order chi connectivity index (χ0) is 14.9. The van der Waals surface area contributed by atoms with E-state index < -0.39 is 5.97 Å². The molecule has 1 heterocycles. The van der Waals surface area contributed by atoms with Gasteiger partial charge in [0, 0.05) is 17.2 Å². The number of carbonyl (C=O) groups is 1. The molecule has 3 nitrogen and oxygen atoms in total. The molecule has 0 aliphatic rings. The number of hydrogen-bond donors (Lipinski definition) is 1. The maximum Gasteiger partial charge on any atom is 0.335 e. The SMILES string of the molecule is Cc1cc(Cc2nc(C(C)(C)C)cs2)cc(C(=O)O)c1. The summed E-state index contributed by atoms with van der Waals surface area (Å²) in [7, 11) is 0. The summed E-state index contributed by atoms with van der Waals surface area (Å²) in [6, 6.07) is 5.44. The fraction of sp³-hybridized carbons (Fsp3) is 0.375. The Morgan fingerprint density at radius 2 is 2.00 bits per heavy atom. The molecule has 1 aromatic carbocycles. The largest absolute Gasteiger partial charge is 0.478 e. The highest BCUT2D eigenvalue weighted by Crippen LogP contribution is 2.25. The molecule has 0 fully saturated rings. The first-order valence-corrected chi connectivity index (χ1v) is 7.42. The molecule has 20 heavy (non-hydrogen) atoms. The third-order valence-corrected chi connectivity index (χ3v) is 3.91. The van der Waals surface area contributed by atoms with Crippen molar-refractivity contribution in [2.24, 2.45) is 0 Å². The highest BCUT2D eigenvalue weighted by atomic mass is 32.1. The lowest BCUT2D eigenvalue weighted by molar-refractivity contribution is 0.0696. The number of aryl methyl sites for hydroxylation is 1. The summed E-state index contributed by atoms with van der Waals surface area (Å²) >= 11 is 1.63. The number of thiazole rings is 1. The predicted molar refractivity (Wildman–Crippen MR) is 81.8 cm³/mol. The Balaban J connectivity index is 2.26. The Kier molecular flexibility index (Phi) is 3.95. The second-order valence-electron chi connectivity index (χ2n) is 6.07. The van der Waals surface area contributed by atoms with Gasteiger partial charge in [-0.2, -0.15) is 0 Å². The van der Waals surface area contributed by atoms with Gasteiger partial charge in [-0.3, -0.25) is 0 Å². The van der Waals surface area contributed by atoms with Crippen molar-refractivity contribution in [3.05, 3.63) is 51.0 Å². The minimum absolute atomic E-state index is 0.0492. The maximum absolute atomic E-state index is 11.1. The van der Waals surface area contributed by atoms with Gasteiger partial charge in [-0.25, -0.2) is 9.78 Å². The van der Waals surface area contributed by atoms with Gasteiger partial charge < -0.3 is 5.11 Å². The van der Waals surface area contributed by atoms with Crippen LogP contribution < -0.4 is 0 Å². The Hall–Kier alpha value is -1.68. The van der Waals surface area contributed by atoms with Gasteiger partial charge in [-0.05, 0) is 30.2 Å². The van der Waals surface area contributed by atoms with Gasteiger partial charge in [0.2, 0.25) is 0 Å². The van der Waals surface area contributed by atoms with Crippen molar-refractivity contribution < 1.29 is 9.90 Å². The zero-order valence-electron chi connectivity index (χ0n) is 12.2. The first-order valence-electron chi connectivity index (χ1n) is 6.54. The van der Waals surface area contributed by atoms with Crippen LogP contribution in [0.15, 0.2) is 23.6 Å². The van der Waals surface area contributed by atoms with Crippen molar-refractivity contribution in [2.75, 3.05) is 0 Å². The minimum Gasteiger partial charge on any atom is -0.478 e. The van der Waals surface area contributed by atoms with Crippen molar-refractivity contribution in [1.82, 2.24) is 4.98 Å². The summed E-state index contributed by atoms with van der Waals surface area (Å²) in [6.07, 6.45) is 0.683. The van der Waals surface area contributed by atoms with E-state index in [4.69, 9.17) is 5.11 Å². The van der Waals surface area contributed by atoms with Crippen LogP contribution in [0.5, 0.6) is 0 Å². The van der Waals surface area contributed by atoms with Crippen LogP contribution in [0.25, 0.3) is 0 Å². The average molecular weight is 289 g/mol. The van der Waals surface area contributed by atoms with Crippen molar-refractivity contribution in [3.63, 3.8) is 0 Å². The monoisotopic (exact) mass is 289 g/mol. The van der Waals surface area contributed by atoms with Gasteiger partial charge in [0.15, 0.2) is 0 Å². The lowest BCUT2D eigenvalue weighted by atomic mass is 9.93. The molecule has 0 aliphatic heterocycles.